The molecule has 0 aromatic rings. The molecule has 0 radical (unpaired) electrons. The predicted octanol–water partition coefficient (Wildman–Crippen LogP) is 0.540. The zero-order valence-corrected chi connectivity index (χ0v) is 13.0. The molecule has 6 heteroatoms. The van der Waals surface area contributed by atoms with Gasteiger partial charge in [-0.05, 0) is 32.6 Å². The lowest BCUT2D eigenvalue weighted by atomic mass is 9.69. The molecule has 0 aromatic heterocycles. The van der Waals surface area contributed by atoms with Crippen molar-refractivity contribution in [3.05, 3.63) is 12.2 Å². The summed E-state index contributed by atoms with van der Waals surface area (Å²) in [5.41, 5.74) is -2.63. The van der Waals surface area contributed by atoms with Crippen LogP contribution in [0.2, 0.25) is 0 Å². The van der Waals surface area contributed by atoms with E-state index in [0.29, 0.717) is 13.0 Å². The van der Waals surface area contributed by atoms with Gasteiger partial charge >= 0.3 is 5.97 Å². The standard InChI is InChI=1S/C16H23NO5/c1-15-11(8-9-22-15)13(19)17-16(15,14(20)21-2)12(18)10-6-4-3-5-7-10/h4,6,10-12,18H,3,5,7-9H2,1-2H3,(H,17,19)/t10-,11+,12+,15+,16+/m1/s1. The van der Waals surface area contributed by atoms with Crippen LogP contribution in [-0.4, -0.2) is 47.9 Å². The molecule has 5 atom stereocenters. The van der Waals surface area contributed by atoms with E-state index < -0.39 is 29.1 Å². The molecule has 3 rings (SSSR count). The number of carbonyl (C=O) groups is 2. The van der Waals surface area contributed by atoms with Gasteiger partial charge in [-0.15, -0.1) is 0 Å². The Hall–Kier alpha value is -1.40. The summed E-state index contributed by atoms with van der Waals surface area (Å²) in [6.45, 7) is 2.13. The van der Waals surface area contributed by atoms with Gasteiger partial charge < -0.3 is 19.9 Å². The summed E-state index contributed by atoms with van der Waals surface area (Å²) in [5.74, 6) is -1.52. The lowest BCUT2D eigenvalue weighted by molar-refractivity contribution is -0.174. The SMILES string of the molecule is COC(=O)[C@]1([C@@H](O)[C@@H]2C=CCCC2)NC(=O)[C@@H]2CCO[C@@]21C. The Morgan fingerprint density at radius 3 is 2.95 bits per heavy atom. The van der Waals surface area contributed by atoms with Crippen LogP contribution >= 0.6 is 0 Å². The minimum atomic E-state index is -1.55. The second-order valence-corrected chi connectivity index (χ2v) is 6.55. The van der Waals surface area contributed by atoms with Crippen LogP contribution in [0.15, 0.2) is 12.2 Å². The second-order valence-electron chi connectivity index (χ2n) is 6.55. The van der Waals surface area contributed by atoms with Gasteiger partial charge in [0, 0.05) is 12.5 Å². The molecule has 0 bridgehead atoms. The molecule has 1 amide bonds. The van der Waals surface area contributed by atoms with Crippen LogP contribution in [-0.2, 0) is 19.1 Å². The number of aliphatic hydroxyl groups excluding tert-OH is 1. The summed E-state index contributed by atoms with van der Waals surface area (Å²) in [6, 6.07) is 0. The highest BCUT2D eigenvalue weighted by Gasteiger charge is 2.72. The number of amides is 1. The van der Waals surface area contributed by atoms with Gasteiger partial charge in [0.1, 0.15) is 5.60 Å². The van der Waals surface area contributed by atoms with Gasteiger partial charge in [-0.2, -0.15) is 0 Å². The molecule has 122 valence electrons. The summed E-state index contributed by atoms with van der Waals surface area (Å²) >= 11 is 0. The van der Waals surface area contributed by atoms with Crippen molar-refractivity contribution >= 4 is 11.9 Å². The van der Waals surface area contributed by atoms with Crippen LogP contribution in [0.4, 0.5) is 0 Å². The Kier molecular flexibility index (Phi) is 3.77. The molecule has 0 unspecified atom stereocenters. The Morgan fingerprint density at radius 1 is 1.55 bits per heavy atom. The van der Waals surface area contributed by atoms with E-state index >= 15 is 0 Å². The zero-order valence-electron chi connectivity index (χ0n) is 13.0. The van der Waals surface area contributed by atoms with E-state index in [1.807, 2.05) is 12.2 Å². The number of hydrogen-bond acceptors (Lipinski definition) is 5. The fourth-order valence-electron chi connectivity index (χ4n) is 4.27. The maximum atomic E-state index is 12.6. The summed E-state index contributed by atoms with van der Waals surface area (Å²) in [4.78, 5) is 25.0. The smallest absolute Gasteiger partial charge is 0.337 e. The van der Waals surface area contributed by atoms with E-state index in [1.54, 1.807) is 6.92 Å². The first-order valence-electron chi connectivity index (χ1n) is 7.86. The highest BCUT2D eigenvalue weighted by Crippen LogP contribution is 2.49. The zero-order chi connectivity index (χ0) is 16.0. The first kappa shape index (κ1) is 15.5. The summed E-state index contributed by atoms with van der Waals surface area (Å²) < 4.78 is 10.8. The van der Waals surface area contributed by atoms with Crippen molar-refractivity contribution in [2.24, 2.45) is 11.8 Å². The highest BCUT2D eigenvalue weighted by atomic mass is 16.5. The fourth-order valence-corrected chi connectivity index (χ4v) is 4.27. The first-order valence-corrected chi connectivity index (χ1v) is 7.86. The molecule has 2 fully saturated rings. The maximum Gasteiger partial charge on any atom is 0.337 e. The van der Waals surface area contributed by atoms with Crippen LogP contribution in [0.5, 0.6) is 0 Å². The molecule has 2 saturated heterocycles. The number of esters is 1. The molecule has 3 aliphatic rings. The third kappa shape index (κ3) is 1.86. The molecule has 2 heterocycles. The van der Waals surface area contributed by atoms with Crippen molar-refractivity contribution in [3.63, 3.8) is 0 Å². The fraction of sp³-hybridized carbons (Fsp3) is 0.750. The largest absolute Gasteiger partial charge is 0.467 e. The van der Waals surface area contributed by atoms with E-state index in [-0.39, 0.29) is 11.8 Å². The Morgan fingerprint density at radius 2 is 2.32 bits per heavy atom. The molecule has 0 aromatic carbocycles. The Balaban J connectivity index is 2.05. The van der Waals surface area contributed by atoms with Gasteiger partial charge in [0.15, 0.2) is 5.54 Å². The molecule has 6 nitrogen and oxygen atoms in total. The van der Waals surface area contributed by atoms with Crippen LogP contribution in [0.25, 0.3) is 0 Å². The minimum absolute atomic E-state index is 0.201. The molecular formula is C16H23NO5. The second kappa shape index (κ2) is 5.35. The lowest BCUT2D eigenvalue weighted by Gasteiger charge is -2.44. The number of nitrogens with one attached hydrogen (secondary N) is 1. The molecule has 22 heavy (non-hydrogen) atoms. The molecule has 0 spiro atoms. The summed E-state index contributed by atoms with van der Waals surface area (Å²) in [7, 11) is 1.27. The topological polar surface area (TPSA) is 84.9 Å². The van der Waals surface area contributed by atoms with E-state index in [1.165, 1.54) is 7.11 Å². The summed E-state index contributed by atoms with van der Waals surface area (Å²) in [5, 5.41) is 13.7. The van der Waals surface area contributed by atoms with Crippen LogP contribution < -0.4 is 5.32 Å². The van der Waals surface area contributed by atoms with Crippen molar-refractivity contribution in [3.8, 4) is 0 Å². The van der Waals surface area contributed by atoms with E-state index in [2.05, 4.69) is 5.32 Å². The number of ether oxygens (including phenoxy) is 2. The van der Waals surface area contributed by atoms with Crippen LogP contribution in [0.3, 0.4) is 0 Å². The van der Waals surface area contributed by atoms with Crippen molar-refractivity contribution in [1.82, 2.24) is 5.32 Å². The van der Waals surface area contributed by atoms with Gasteiger partial charge in [0.2, 0.25) is 5.91 Å². The normalized spacial score (nSPS) is 41.9. The van der Waals surface area contributed by atoms with E-state index in [0.717, 1.165) is 19.3 Å². The highest BCUT2D eigenvalue weighted by molar-refractivity contribution is 5.97. The molecular weight excluding hydrogens is 286 g/mol. The van der Waals surface area contributed by atoms with Gasteiger partial charge in [0.05, 0.1) is 19.1 Å². The third-order valence-electron chi connectivity index (χ3n) is 5.54. The number of fused-ring (bicyclic) bond motifs is 1. The van der Waals surface area contributed by atoms with Crippen molar-refractivity contribution < 1.29 is 24.2 Å². The Labute approximate surface area is 129 Å². The number of rotatable bonds is 3. The van der Waals surface area contributed by atoms with Crippen molar-refractivity contribution in [2.75, 3.05) is 13.7 Å². The van der Waals surface area contributed by atoms with E-state index in [4.69, 9.17) is 9.47 Å². The average molecular weight is 309 g/mol. The van der Waals surface area contributed by atoms with E-state index in [9.17, 15) is 14.7 Å². The average Bonchev–Trinajstić information content (AvgIpc) is 3.03. The van der Waals surface area contributed by atoms with Crippen LogP contribution in [0.1, 0.15) is 32.6 Å². The van der Waals surface area contributed by atoms with Crippen molar-refractivity contribution in [1.29, 1.82) is 0 Å². The molecule has 0 saturated carbocycles. The molecule has 2 N–H and O–H groups in total. The quantitative estimate of drug-likeness (QED) is 0.587. The predicted molar refractivity (Wildman–Crippen MR) is 77.8 cm³/mol. The lowest BCUT2D eigenvalue weighted by Crippen LogP contribution is -2.70. The maximum absolute atomic E-state index is 12.6. The number of methoxy groups -OCH3 is 1. The number of aliphatic hydroxyl groups is 1. The number of allylic oxidation sites excluding steroid dienone is 1. The monoisotopic (exact) mass is 309 g/mol. The molecule has 2 aliphatic heterocycles. The van der Waals surface area contributed by atoms with Crippen LogP contribution in [0, 0.1) is 11.8 Å². The Bertz CT molecular complexity index is 519. The number of carbonyl (C=O) groups excluding carboxylic acids is 2. The van der Waals surface area contributed by atoms with Gasteiger partial charge in [-0.3, -0.25) is 4.79 Å². The minimum Gasteiger partial charge on any atom is -0.467 e. The van der Waals surface area contributed by atoms with Gasteiger partial charge in [-0.25, -0.2) is 4.79 Å². The van der Waals surface area contributed by atoms with Gasteiger partial charge in [-0.1, -0.05) is 12.2 Å². The first-order chi connectivity index (χ1) is 10.5. The van der Waals surface area contributed by atoms with Gasteiger partial charge in [0.25, 0.3) is 0 Å². The number of hydrogen-bond donors (Lipinski definition) is 2. The summed E-state index contributed by atoms with van der Waals surface area (Å²) in [6.07, 6.45) is 6.10. The molecule has 1 aliphatic carbocycles. The third-order valence-corrected chi connectivity index (χ3v) is 5.54. The van der Waals surface area contributed by atoms with Crippen molar-refractivity contribution in [2.45, 2.75) is 49.9 Å².